The maximum Gasteiger partial charge on any atom is 0.137 e. The van der Waals surface area contributed by atoms with Gasteiger partial charge in [0.05, 0.1) is 0 Å². The third-order valence-corrected chi connectivity index (χ3v) is 5.26. The van der Waals surface area contributed by atoms with Crippen LogP contribution in [0.4, 0.5) is 0 Å². The molecule has 0 bridgehead atoms. The fourth-order valence-electron chi connectivity index (χ4n) is 4.27. The van der Waals surface area contributed by atoms with E-state index in [9.17, 15) is 0 Å². The molecule has 1 aromatic heterocycles. The van der Waals surface area contributed by atoms with Gasteiger partial charge >= 0.3 is 0 Å². The molecule has 0 radical (unpaired) electrons. The largest absolute Gasteiger partial charge is 0.345 e. The van der Waals surface area contributed by atoms with Gasteiger partial charge in [0.15, 0.2) is 0 Å². The van der Waals surface area contributed by atoms with Crippen LogP contribution >= 0.6 is 0 Å². The Morgan fingerprint density at radius 3 is 2.00 bits per heavy atom. The van der Waals surface area contributed by atoms with Gasteiger partial charge < -0.3 is 4.98 Å². The summed E-state index contributed by atoms with van der Waals surface area (Å²) < 4.78 is 0. The maximum atomic E-state index is 4.52. The van der Waals surface area contributed by atoms with Crippen molar-refractivity contribution in [2.45, 2.75) is 0 Å². The Kier molecular flexibility index (Phi) is 2.37. The number of benzene rings is 5. The number of hydrogen-bond donors (Lipinski definition) is 1. The third kappa shape index (κ3) is 1.61. The van der Waals surface area contributed by atoms with Crippen molar-refractivity contribution in [2.75, 3.05) is 0 Å². The van der Waals surface area contributed by atoms with E-state index in [-0.39, 0.29) is 0 Å². The lowest BCUT2D eigenvalue weighted by molar-refractivity contribution is 1.32. The van der Waals surface area contributed by atoms with E-state index in [0.29, 0.717) is 0 Å². The van der Waals surface area contributed by atoms with Crippen molar-refractivity contribution >= 4 is 43.1 Å². The van der Waals surface area contributed by atoms with E-state index in [0.717, 1.165) is 11.4 Å². The van der Waals surface area contributed by atoms with Crippen LogP contribution in [0.1, 0.15) is 0 Å². The Bertz CT molecular complexity index is 1370. The first-order chi connectivity index (χ1) is 12.4. The van der Waals surface area contributed by atoms with Gasteiger partial charge in [-0.05, 0) is 43.8 Å². The highest BCUT2D eigenvalue weighted by atomic mass is 14.9. The number of hydrogen-bond acceptors (Lipinski definition) is 1. The van der Waals surface area contributed by atoms with Crippen LogP contribution in [-0.4, -0.2) is 9.97 Å². The molecule has 0 saturated heterocycles. The highest BCUT2D eigenvalue weighted by Crippen LogP contribution is 2.43. The number of aromatic amines is 1. The summed E-state index contributed by atoms with van der Waals surface area (Å²) in [5, 5.41) is 10.4. The predicted octanol–water partition coefficient (Wildman–Crippen LogP) is 6.13. The quantitative estimate of drug-likeness (QED) is 0.287. The van der Waals surface area contributed by atoms with E-state index in [1.807, 2.05) is 12.4 Å². The minimum Gasteiger partial charge on any atom is -0.345 e. The molecule has 1 N–H and O–H groups in total. The van der Waals surface area contributed by atoms with Crippen LogP contribution in [0, 0.1) is 0 Å². The van der Waals surface area contributed by atoms with Crippen LogP contribution in [0.5, 0.6) is 0 Å². The van der Waals surface area contributed by atoms with E-state index in [2.05, 4.69) is 76.7 Å². The van der Waals surface area contributed by atoms with Crippen LogP contribution in [0.25, 0.3) is 54.5 Å². The topological polar surface area (TPSA) is 28.7 Å². The number of imidazole rings is 1. The Balaban J connectivity index is 2.03. The van der Waals surface area contributed by atoms with Crippen molar-refractivity contribution in [1.29, 1.82) is 0 Å². The van der Waals surface area contributed by atoms with Gasteiger partial charge in [-0.25, -0.2) is 4.98 Å². The standard InChI is InChI=1S/C23H14N2/c1-4-14-5-3-9-18-20(14)16(7-1)17-8-2-6-15-10-11-19(22(18)21(15)17)23-24-12-13-25-23/h1-13H,(H,24,25). The van der Waals surface area contributed by atoms with Crippen LogP contribution in [-0.2, 0) is 0 Å². The molecule has 0 unspecified atom stereocenters. The summed E-state index contributed by atoms with van der Waals surface area (Å²) in [6, 6.07) is 24.2. The molecule has 0 aliphatic carbocycles. The molecule has 1 heterocycles. The number of H-pyrrole nitrogens is 1. The minimum absolute atomic E-state index is 0.920. The van der Waals surface area contributed by atoms with Gasteiger partial charge in [0.25, 0.3) is 0 Å². The lowest BCUT2D eigenvalue weighted by Gasteiger charge is -2.16. The molecule has 0 amide bonds. The molecule has 6 aromatic rings. The highest BCUT2D eigenvalue weighted by Gasteiger charge is 2.16. The summed E-state index contributed by atoms with van der Waals surface area (Å²) in [6.45, 7) is 0. The minimum atomic E-state index is 0.920. The summed E-state index contributed by atoms with van der Waals surface area (Å²) in [6.07, 6.45) is 3.70. The molecule has 0 spiro atoms. The van der Waals surface area contributed by atoms with Gasteiger partial charge in [0.2, 0.25) is 0 Å². The Hall–Kier alpha value is -3.39. The average molecular weight is 318 g/mol. The number of rotatable bonds is 1. The van der Waals surface area contributed by atoms with Crippen LogP contribution < -0.4 is 0 Å². The molecule has 0 aliphatic heterocycles. The normalized spacial score (nSPS) is 12.0. The summed E-state index contributed by atoms with van der Waals surface area (Å²) in [4.78, 5) is 7.80. The van der Waals surface area contributed by atoms with Crippen molar-refractivity contribution in [3.05, 3.63) is 79.1 Å². The Labute approximate surface area is 144 Å². The molecule has 0 atom stereocenters. The van der Waals surface area contributed by atoms with Crippen LogP contribution in [0.3, 0.4) is 0 Å². The van der Waals surface area contributed by atoms with Crippen molar-refractivity contribution in [3.8, 4) is 11.4 Å². The Morgan fingerprint density at radius 2 is 1.28 bits per heavy atom. The number of nitrogens with one attached hydrogen (secondary N) is 1. The molecule has 5 aromatic carbocycles. The first kappa shape index (κ1) is 13.0. The second-order valence-electron chi connectivity index (χ2n) is 6.54. The number of nitrogens with zero attached hydrogens (tertiary/aromatic N) is 1. The van der Waals surface area contributed by atoms with Gasteiger partial charge in [0, 0.05) is 23.3 Å². The van der Waals surface area contributed by atoms with Gasteiger partial charge in [0.1, 0.15) is 5.82 Å². The zero-order chi connectivity index (χ0) is 16.4. The van der Waals surface area contributed by atoms with E-state index in [4.69, 9.17) is 0 Å². The number of fused-ring (bicyclic) bond motifs is 2. The monoisotopic (exact) mass is 318 g/mol. The van der Waals surface area contributed by atoms with Gasteiger partial charge in [-0.2, -0.15) is 0 Å². The first-order valence-corrected chi connectivity index (χ1v) is 8.50. The van der Waals surface area contributed by atoms with Crippen molar-refractivity contribution in [1.82, 2.24) is 9.97 Å². The summed E-state index contributed by atoms with van der Waals surface area (Å²) in [5.74, 6) is 0.920. The van der Waals surface area contributed by atoms with E-state index >= 15 is 0 Å². The van der Waals surface area contributed by atoms with Gasteiger partial charge in [-0.1, -0.05) is 60.7 Å². The molecule has 0 saturated carbocycles. The summed E-state index contributed by atoms with van der Waals surface area (Å²) in [7, 11) is 0. The Morgan fingerprint density at radius 1 is 0.600 bits per heavy atom. The van der Waals surface area contributed by atoms with Gasteiger partial charge in [-0.15, -0.1) is 0 Å². The molecule has 0 fully saturated rings. The van der Waals surface area contributed by atoms with E-state index in [1.165, 1.54) is 43.1 Å². The van der Waals surface area contributed by atoms with E-state index in [1.54, 1.807) is 0 Å². The predicted molar refractivity (Wildman–Crippen MR) is 105 cm³/mol. The third-order valence-electron chi connectivity index (χ3n) is 5.26. The first-order valence-electron chi connectivity index (χ1n) is 8.50. The molecule has 2 nitrogen and oxygen atoms in total. The lowest BCUT2D eigenvalue weighted by Crippen LogP contribution is -1.90. The number of aromatic nitrogens is 2. The molecular formula is C23H14N2. The maximum absolute atomic E-state index is 4.52. The lowest BCUT2D eigenvalue weighted by atomic mass is 9.87. The average Bonchev–Trinajstić information content (AvgIpc) is 3.20. The van der Waals surface area contributed by atoms with Crippen molar-refractivity contribution < 1.29 is 0 Å². The molecule has 6 rings (SSSR count). The van der Waals surface area contributed by atoms with Crippen molar-refractivity contribution in [3.63, 3.8) is 0 Å². The summed E-state index contributed by atoms with van der Waals surface area (Å²) in [5.41, 5.74) is 1.16. The molecule has 2 heteroatoms. The summed E-state index contributed by atoms with van der Waals surface area (Å²) >= 11 is 0. The van der Waals surface area contributed by atoms with Crippen LogP contribution in [0.2, 0.25) is 0 Å². The molecule has 0 aliphatic rings. The fourth-order valence-corrected chi connectivity index (χ4v) is 4.27. The fraction of sp³-hybridized carbons (Fsp3) is 0. The highest BCUT2D eigenvalue weighted by molar-refractivity contribution is 6.35. The SMILES string of the molecule is c1cc2cccc3c4c(-c5ncc[nH]5)ccc5cccc(c(c1)c23)c54. The zero-order valence-electron chi connectivity index (χ0n) is 13.5. The zero-order valence-corrected chi connectivity index (χ0v) is 13.5. The smallest absolute Gasteiger partial charge is 0.137 e. The van der Waals surface area contributed by atoms with Gasteiger partial charge in [-0.3, -0.25) is 0 Å². The second kappa shape index (κ2) is 4.58. The molecule has 25 heavy (non-hydrogen) atoms. The van der Waals surface area contributed by atoms with E-state index < -0.39 is 0 Å². The second-order valence-corrected chi connectivity index (χ2v) is 6.54. The molecule has 116 valence electrons. The van der Waals surface area contributed by atoms with Crippen LogP contribution in [0.15, 0.2) is 79.1 Å². The van der Waals surface area contributed by atoms with Crippen molar-refractivity contribution in [2.24, 2.45) is 0 Å². The molecular weight excluding hydrogens is 304 g/mol.